The van der Waals surface area contributed by atoms with E-state index in [4.69, 9.17) is 0 Å². The number of benzene rings is 2. The van der Waals surface area contributed by atoms with Crippen molar-refractivity contribution >= 4 is 10.0 Å². The molecule has 1 aliphatic heterocycles. The summed E-state index contributed by atoms with van der Waals surface area (Å²) in [5, 5.41) is 3.24. The maximum Gasteiger partial charge on any atom is 0.240 e. The van der Waals surface area contributed by atoms with Crippen LogP contribution in [0.25, 0.3) is 11.1 Å². The van der Waals surface area contributed by atoms with Crippen molar-refractivity contribution in [2.24, 2.45) is 0 Å². The van der Waals surface area contributed by atoms with E-state index in [9.17, 15) is 8.42 Å². The Balaban J connectivity index is 1.84. The molecule has 0 spiro atoms. The fraction of sp³-hybridized carbons (Fsp3) is 0.294. The predicted octanol–water partition coefficient (Wildman–Crippen LogP) is 2.38. The molecule has 3 rings (SSSR count). The molecule has 2 N–H and O–H groups in total. The Morgan fingerprint density at radius 2 is 1.59 bits per heavy atom. The van der Waals surface area contributed by atoms with Gasteiger partial charge in [-0.05, 0) is 49.2 Å². The van der Waals surface area contributed by atoms with E-state index in [1.807, 2.05) is 36.4 Å². The summed E-state index contributed by atoms with van der Waals surface area (Å²) in [7, 11) is -3.47. The highest BCUT2D eigenvalue weighted by molar-refractivity contribution is 7.89. The molecule has 0 aliphatic carbocycles. The molecule has 116 valence electrons. The lowest BCUT2D eigenvalue weighted by molar-refractivity contribution is 0.427. The fourth-order valence-electron chi connectivity index (χ4n) is 2.70. The summed E-state index contributed by atoms with van der Waals surface area (Å²) in [6, 6.07) is 16.9. The van der Waals surface area contributed by atoms with Crippen molar-refractivity contribution in [1.29, 1.82) is 0 Å². The van der Waals surface area contributed by atoms with E-state index in [0.717, 1.165) is 37.1 Å². The van der Waals surface area contributed by atoms with Crippen LogP contribution in [-0.2, 0) is 10.0 Å². The van der Waals surface area contributed by atoms with E-state index >= 15 is 0 Å². The number of hydrogen-bond acceptors (Lipinski definition) is 3. The Morgan fingerprint density at radius 1 is 0.909 bits per heavy atom. The van der Waals surface area contributed by atoms with Crippen LogP contribution in [0, 0.1) is 0 Å². The standard InChI is InChI=1S/C17H20N2O2S/c20-22(21,19-16-9-11-18-12-10-16)17-8-4-7-15(13-17)14-5-2-1-3-6-14/h1-8,13,16,18-19H,9-12H2. The third-order valence-corrected chi connectivity index (χ3v) is 5.43. The molecule has 22 heavy (non-hydrogen) atoms. The maximum atomic E-state index is 12.6. The minimum Gasteiger partial charge on any atom is -0.317 e. The highest BCUT2D eigenvalue weighted by atomic mass is 32.2. The van der Waals surface area contributed by atoms with E-state index in [0.29, 0.717) is 4.90 Å². The second kappa shape index (κ2) is 6.60. The molecule has 0 amide bonds. The van der Waals surface area contributed by atoms with Gasteiger partial charge in [0, 0.05) is 6.04 Å². The van der Waals surface area contributed by atoms with Crippen LogP contribution in [0.4, 0.5) is 0 Å². The lowest BCUT2D eigenvalue weighted by atomic mass is 10.1. The lowest BCUT2D eigenvalue weighted by Gasteiger charge is -2.23. The molecule has 1 saturated heterocycles. The van der Waals surface area contributed by atoms with Gasteiger partial charge in [-0.1, -0.05) is 42.5 Å². The fourth-order valence-corrected chi connectivity index (χ4v) is 4.05. The molecule has 1 fully saturated rings. The Morgan fingerprint density at radius 3 is 2.32 bits per heavy atom. The van der Waals surface area contributed by atoms with Gasteiger partial charge in [0.25, 0.3) is 0 Å². The summed E-state index contributed by atoms with van der Waals surface area (Å²) in [6.45, 7) is 1.72. The number of nitrogens with one attached hydrogen (secondary N) is 2. The molecule has 0 atom stereocenters. The van der Waals surface area contributed by atoms with Gasteiger partial charge in [0.15, 0.2) is 0 Å². The van der Waals surface area contributed by atoms with Gasteiger partial charge in [-0.3, -0.25) is 0 Å². The number of hydrogen-bond donors (Lipinski definition) is 2. The van der Waals surface area contributed by atoms with Crippen LogP contribution >= 0.6 is 0 Å². The summed E-state index contributed by atoms with van der Waals surface area (Å²) in [5.41, 5.74) is 1.93. The van der Waals surface area contributed by atoms with Crippen molar-refractivity contribution in [2.45, 2.75) is 23.8 Å². The quantitative estimate of drug-likeness (QED) is 0.910. The van der Waals surface area contributed by atoms with Crippen LogP contribution in [-0.4, -0.2) is 27.5 Å². The molecule has 2 aromatic rings. The van der Waals surface area contributed by atoms with Crippen molar-refractivity contribution in [3.05, 3.63) is 54.6 Å². The van der Waals surface area contributed by atoms with Crippen molar-refractivity contribution in [1.82, 2.24) is 10.0 Å². The normalized spacial score (nSPS) is 16.5. The topological polar surface area (TPSA) is 58.2 Å². The molecule has 1 heterocycles. The van der Waals surface area contributed by atoms with E-state index in [1.165, 1.54) is 0 Å². The number of sulfonamides is 1. The smallest absolute Gasteiger partial charge is 0.240 e. The Hall–Kier alpha value is -1.69. The zero-order valence-corrected chi connectivity index (χ0v) is 13.1. The average molecular weight is 316 g/mol. The Kier molecular flexibility index (Phi) is 4.57. The number of piperidine rings is 1. The maximum absolute atomic E-state index is 12.6. The van der Waals surface area contributed by atoms with Gasteiger partial charge >= 0.3 is 0 Å². The molecule has 1 aliphatic rings. The summed E-state index contributed by atoms with van der Waals surface area (Å²) in [4.78, 5) is 0.326. The van der Waals surface area contributed by atoms with Gasteiger partial charge in [0.1, 0.15) is 0 Å². The van der Waals surface area contributed by atoms with Gasteiger partial charge in [0.05, 0.1) is 4.90 Å². The van der Waals surface area contributed by atoms with Gasteiger partial charge in [-0.25, -0.2) is 13.1 Å². The first-order chi connectivity index (χ1) is 10.6. The molecular formula is C17H20N2O2S. The third kappa shape index (κ3) is 3.55. The number of rotatable bonds is 4. The lowest BCUT2D eigenvalue weighted by Crippen LogP contribution is -2.42. The van der Waals surface area contributed by atoms with E-state index < -0.39 is 10.0 Å². The summed E-state index contributed by atoms with van der Waals surface area (Å²) in [5.74, 6) is 0. The molecule has 0 unspecified atom stereocenters. The molecule has 0 bridgehead atoms. The van der Waals surface area contributed by atoms with Crippen molar-refractivity contribution in [3.63, 3.8) is 0 Å². The van der Waals surface area contributed by atoms with Crippen molar-refractivity contribution in [3.8, 4) is 11.1 Å². The third-order valence-electron chi connectivity index (χ3n) is 3.91. The first kappa shape index (κ1) is 15.2. The Bertz CT molecular complexity index is 723. The average Bonchev–Trinajstić information content (AvgIpc) is 2.56. The summed E-state index contributed by atoms with van der Waals surface area (Å²) >= 11 is 0. The predicted molar refractivity (Wildman–Crippen MR) is 88.1 cm³/mol. The van der Waals surface area contributed by atoms with Crippen LogP contribution < -0.4 is 10.0 Å². The van der Waals surface area contributed by atoms with Gasteiger partial charge < -0.3 is 5.32 Å². The van der Waals surface area contributed by atoms with Gasteiger partial charge in [0.2, 0.25) is 10.0 Å². The molecule has 0 aromatic heterocycles. The minimum absolute atomic E-state index is 0.0200. The van der Waals surface area contributed by atoms with Crippen LogP contribution in [0.3, 0.4) is 0 Å². The highest BCUT2D eigenvalue weighted by Crippen LogP contribution is 2.22. The van der Waals surface area contributed by atoms with E-state index in [1.54, 1.807) is 18.2 Å². The van der Waals surface area contributed by atoms with Crippen molar-refractivity contribution < 1.29 is 8.42 Å². The molecule has 5 heteroatoms. The van der Waals surface area contributed by atoms with Crippen LogP contribution in [0.5, 0.6) is 0 Å². The monoisotopic (exact) mass is 316 g/mol. The molecular weight excluding hydrogens is 296 g/mol. The van der Waals surface area contributed by atoms with Crippen molar-refractivity contribution in [2.75, 3.05) is 13.1 Å². The first-order valence-electron chi connectivity index (χ1n) is 7.54. The van der Waals surface area contributed by atoms with Crippen LogP contribution in [0.15, 0.2) is 59.5 Å². The zero-order valence-electron chi connectivity index (χ0n) is 12.3. The van der Waals surface area contributed by atoms with E-state index in [-0.39, 0.29) is 6.04 Å². The highest BCUT2D eigenvalue weighted by Gasteiger charge is 2.21. The van der Waals surface area contributed by atoms with Crippen LogP contribution in [0.1, 0.15) is 12.8 Å². The molecule has 2 aromatic carbocycles. The largest absolute Gasteiger partial charge is 0.317 e. The zero-order chi connectivity index (χ0) is 15.4. The first-order valence-corrected chi connectivity index (χ1v) is 9.02. The molecule has 0 saturated carbocycles. The second-order valence-corrected chi connectivity index (χ2v) is 7.25. The Labute approximate surface area is 131 Å². The summed E-state index contributed by atoms with van der Waals surface area (Å²) < 4.78 is 27.9. The van der Waals surface area contributed by atoms with E-state index in [2.05, 4.69) is 10.0 Å². The molecule has 4 nitrogen and oxygen atoms in total. The van der Waals surface area contributed by atoms with Gasteiger partial charge in [-0.15, -0.1) is 0 Å². The molecule has 0 radical (unpaired) electrons. The van der Waals surface area contributed by atoms with Crippen LogP contribution in [0.2, 0.25) is 0 Å². The minimum atomic E-state index is -3.47. The second-order valence-electron chi connectivity index (χ2n) is 5.54. The SMILES string of the molecule is O=S(=O)(NC1CCNCC1)c1cccc(-c2ccccc2)c1. The summed E-state index contributed by atoms with van der Waals surface area (Å²) in [6.07, 6.45) is 1.66. The van der Waals surface area contributed by atoms with Gasteiger partial charge in [-0.2, -0.15) is 0 Å².